The van der Waals surface area contributed by atoms with Crippen LogP contribution in [0.4, 0.5) is 5.00 Å². The molecule has 0 aromatic carbocycles. The lowest BCUT2D eigenvalue weighted by Crippen LogP contribution is -2.16. The molecule has 0 atom stereocenters. The molecule has 2 rings (SSSR count). The van der Waals surface area contributed by atoms with Crippen molar-refractivity contribution in [1.82, 2.24) is 15.5 Å². The van der Waals surface area contributed by atoms with Gasteiger partial charge in [0.05, 0.1) is 9.80 Å². The number of hydrogen-bond donors (Lipinski definition) is 1. The number of aromatic nitrogens is 2. The highest BCUT2D eigenvalue weighted by atomic mass is 32.1. The van der Waals surface area contributed by atoms with Crippen LogP contribution in [0.25, 0.3) is 9.88 Å². The average Bonchev–Trinajstić information content (AvgIpc) is 3.07. The molecule has 6 nitrogen and oxygen atoms in total. The molecule has 2 heterocycles. The lowest BCUT2D eigenvalue weighted by Gasteiger charge is -1.99. The second kappa shape index (κ2) is 7.41. The van der Waals surface area contributed by atoms with Crippen LogP contribution in [0, 0.1) is 10.1 Å². The molecular weight excluding hydrogens is 296 g/mol. The fraction of sp³-hybridized carbons (Fsp3) is 0.500. The molecule has 8 heteroatoms. The molecule has 2 aromatic heterocycles. The summed E-state index contributed by atoms with van der Waals surface area (Å²) in [6, 6.07) is 3.24. The third kappa shape index (κ3) is 4.06. The summed E-state index contributed by atoms with van der Waals surface area (Å²) in [6.07, 6.45) is 3.06. The summed E-state index contributed by atoms with van der Waals surface area (Å²) in [7, 11) is 0. The van der Waals surface area contributed by atoms with Gasteiger partial charge in [0.1, 0.15) is 5.01 Å². The minimum absolute atomic E-state index is 0.139. The Morgan fingerprint density at radius 1 is 1.30 bits per heavy atom. The summed E-state index contributed by atoms with van der Waals surface area (Å²) in [5.41, 5.74) is 0. The highest BCUT2D eigenvalue weighted by molar-refractivity contribution is 7.23. The Morgan fingerprint density at radius 3 is 2.85 bits per heavy atom. The van der Waals surface area contributed by atoms with E-state index in [4.69, 9.17) is 0 Å². The van der Waals surface area contributed by atoms with Gasteiger partial charge in [-0.1, -0.05) is 29.6 Å². The zero-order valence-electron chi connectivity index (χ0n) is 11.2. The van der Waals surface area contributed by atoms with E-state index >= 15 is 0 Å². The van der Waals surface area contributed by atoms with Crippen molar-refractivity contribution >= 4 is 27.7 Å². The fourth-order valence-electron chi connectivity index (χ4n) is 1.66. The van der Waals surface area contributed by atoms with Crippen LogP contribution in [-0.2, 0) is 6.42 Å². The highest BCUT2D eigenvalue weighted by Gasteiger charge is 2.14. The average molecular weight is 312 g/mol. The monoisotopic (exact) mass is 312 g/mol. The van der Waals surface area contributed by atoms with Crippen molar-refractivity contribution in [3.05, 3.63) is 27.3 Å². The summed E-state index contributed by atoms with van der Waals surface area (Å²) in [5.74, 6) is 0. The summed E-state index contributed by atoms with van der Waals surface area (Å²) in [6.45, 7) is 4.16. The SMILES string of the molecule is CCCNCCCc1nnc(-c2ccc([N+](=O)[O-])s2)s1. The lowest BCUT2D eigenvalue weighted by molar-refractivity contribution is -0.380. The number of hydrogen-bond acceptors (Lipinski definition) is 7. The Bertz CT molecular complexity index is 567. The van der Waals surface area contributed by atoms with Gasteiger partial charge in [-0.25, -0.2) is 0 Å². The molecule has 0 spiro atoms. The van der Waals surface area contributed by atoms with Gasteiger partial charge < -0.3 is 5.32 Å². The molecule has 108 valence electrons. The van der Waals surface area contributed by atoms with E-state index in [1.165, 1.54) is 17.4 Å². The van der Waals surface area contributed by atoms with Gasteiger partial charge in [-0.05, 0) is 32.0 Å². The number of aryl methyl sites for hydroxylation is 1. The van der Waals surface area contributed by atoms with E-state index < -0.39 is 0 Å². The van der Waals surface area contributed by atoms with E-state index in [-0.39, 0.29) is 9.92 Å². The van der Waals surface area contributed by atoms with Gasteiger partial charge in [0, 0.05) is 12.5 Å². The van der Waals surface area contributed by atoms with Crippen LogP contribution in [0.2, 0.25) is 0 Å². The Labute approximate surface area is 125 Å². The molecule has 1 N–H and O–H groups in total. The van der Waals surface area contributed by atoms with Crippen molar-refractivity contribution in [2.75, 3.05) is 13.1 Å². The first-order valence-corrected chi connectivity index (χ1v) is 8.11. The quantitative estimate of drug-likeness (QED) is 0.460. The first-order chi connectivity index (χ1) is 9.70. The maximum Gasteiger partial charge on any atom is 0.324 e. The standard InChI is InChI=1S/C12H16N4O2S2/c1-2-7-13-8-3-4-10-14-15-12(20-10)9-5-6-11(19-9)16(17)18/h5-6,13H,2-4,7-8H2,1H3. The smallest absolute Gasteiger partial charge is 0.317 e. The molecule has 0 unspecified atom stereocenters. The number of nitrogens with one attached hydrogen (secondary N) is 1. The second-order valence-electron chi connectivity index (χ2n) is 4.25. The van der Waals surface area contributed by atoms with Gasteiger partial charge in [-0.3, -0.25) is 10.1 Å². The Kier molecular flexibility index (Phi) is 5.57. The summed E-state index contributed by atoms with van der Waals surface area (Å²) < 4.78 is 0. The van der Waals surface area contributed by atoms with E-state index in [1.807, 2.05) is 0 Å². The Balaban J connectivity index is 1.89. The first kappa shape index (κ1) is 15.0. The fourth-order valence-corrected chi connectivity index (χ4v) is 3.41. The Morgan fingerprint density at radius 2 is 2.15 bits per heavy atom. The molecule has 20 heavy (non-hydrogen) atoms. The van der Waals surface area contributed by atoms with E-state index in [0.717, 1.165) is 58.6 Å². The van der Waals surface area contributed by atoms with Gasteiger partial charge in [-0.2, -0.15) is 0 Å². The van der Waals surface area contributed by atoms with Crippen LogP contribution in [-0.4, -0.2) is 28.2 Å². The van der Waals surface area contributed by atoms with Crippen LogP contribution in [0.15, 0.2) is 12.1 Å². The van der Waals surface area contributed by atoms with Crippen LogP contribution in [0.3, 0.4) is 0 Å². The van der Waals surface area contributed by atoms with Crippen LogP contribution >= 0.6 is 22.7 Å². The van der Waals surface area contributed by atoms with Gasteiger partial charge in [-0.15, -0.1) is 10.2 Å². The summed E-state index contributed by atoms with van der Waals surface area (Å²) in [4.78, 5) is 11.1. The lowest BCUT2D eigenvalue weighted by atomic mass is 10.3. The minimum Gasteiger partial charge on any atom is -0.317 e. The molecule has 0 amide bonds. The van der Waals surface area contributed by atoms with Crippen molar-refractivity contribution < 1.29 is 4.92 Å². The minimum atomic E-state index is -0.379. The third-order valence-corrected chi connectivity index (χ3v) is 4.81. The normalized spacial score (nSPS) is 10.8. The van der Waals surface area contributed by atoms with Crippen molar-refractivity contribution in [2.45, 2.75) is 26.2 Å². The zero-order valence-corrected chi connectivity index (χ0v) is 12.8. The van der Waals surface area contributed by atoms with Crippen molar-refractivity contribution in [3.8, 4) is 9.88 Å². The molecule has 0 bridgehead atoms. The van der Waals surface area contributed by atoms with Crippen molar-refractivity contribution in [1.29, 1.82) is 0 Å². The van der Waals surface area contributed by atoms with Gasteiger partial charge in [0.25, 0.3) is 0 Å². The number of nitrogens with zero attached hydrogens (tertiary/aromatic N) is 3. The predicted molar refractivity (Wildman–Crippen MR) is 81.4 cm³/mol. The third-order valence-electron chi connectivity index (χ3n) is 2.62. The van der Waals surface area contributed by atoms with Crippen LogP contribution in [0.1, 0.15) is 24.8 Å². The number of thiophene rings is 1. The van der Waals surface area contributed by atoms with E-state index in [0.29, 0.717) is 0 Å². The van der Waals surface area contributed by atoms with Crippen molar-refractivity contribution in [2.24, 2.45) is 0 Å². The van der Waals surface area contributed by atoms with Crippen LogP contribution in [0.5, 0.6) is 0 Å². The molecule has 0 saturated heterocycles. The number of rotatable bonds is 8. The highest BCUT2D eigenvalue weighted by Crippen LogP contribution is 2.34. The molecule has 0 saturated carbocycles. The molecule has 0 aliphatic carbocycles. The first-order valence-electron chi connectivity index (χ1n) is 6.48. The summed E-state index contributed by atoms with van der Waals surface area (Å²) >= 11 is 2.65. The van der Waals surface area contributed by atoms with Gasteiger partial charge in [0.2, 0.25) is 0 Å². The van der Waals surface area contributed by atoms with Crippen molar-refractivity contribution in [3.63, 3.8) is 0 Å². The second-order valence-corrected chi connectivity index (χ2v) is 6.37. The maximum atomic E-state index is 10.7. The largest absolute Gasteiger partial charge is 0.324 e. The molecular formula is C12H16N4O2S2. The molecule has 0 aliphatic rings. The Hall–Kier alpha value is -1.38. The number of nitro groups is 1. The van der Waals surface area contributed by atoms with E-state index in [9.17, 15) is 10.1 Å². The van der Waals surface area contributed by atoms with E-state index in [1.54, 1.807) is 6.07 Å². The van der Waals surface area contributed by atoms with Gasteiger partial charge >= 0.3 is 5.00 Å². The predicted octanol–water partition coefficient (Wildman–Crippen LogP) is 3.11. The van der Waals surface area contributed by atoms with E-state index in [2.05, 4.69) is 22.4 Å². The zero-order chi connectivity index (χ0) is 14.4. The molecule has 0 radical (unpaired) electrons. The maximum absolute atomic E-state index is 10.7. The molecule has 0 aliphatic heterocycles. The molecule has 0 fully saturated rings. The van der Waals surface area contributed by atoms with Crippen LogP contribution < -0.4 is 5.32 Å². The van der Waals surface area contributed by atoms with Gasteiger partial charge in [0.15, 0.2) is 5.01 Å². The summed E-state index contributed by atoms with van der Waals surface area (Å²) in [5, 5.41) is 24.1. The topological polar surface area (TPSA) is 81.0 Å². The molecule has 2 aromatic rings.